The van der Waals surface area contributed by atoms with Gasteiger partial charge in [0.25, 0.3) is 0 Å². The SMILES string of the molecule is CCCC1CNCCC1c1nc(C)cs1. The lowest BCUT2D eigenvalue weighted by atomic mass is 9.84. The van der Waals surface area contributed by atoms with Crippen molar-refractivity contribution in [2.75, 3.05) is 13.1 Å². The smallest absolute Gasteiger partial charge is 0.0962 e. The summed E-state index contributed by atoms with van der Waals surface area (Å²) in [6.07, 6.45) is 3.88. The molecule has 15 heavy (non-hydrogen) atoms. The number of hydrogen-bond donors (Lipinski definition) is 1. The summed E-state index contributed by atoms with van der Waals surface area (Å²) in [6.45, 7) is 6.70. The molecule has 1 N–H and O–H groups in total. The van der Waals surface area contributed by atoms with Crippen LogP contribution in [0.25, 0.3) is 0 Å². The summed E-state index contributed by atoms with van der Waals surface area (Å²) in [4.78, 5) is 4.66. The lowest BCUT2D eigenvalue weighted by Crippen LogP contribution is -2.35. The summed E-state index contributed by atoms with van der Waals surface area (Å²) in [7, 11) is 0. The summed E-state index contributed by atoms with van der Waals surface area (Å²) in [5.74, 6) is 1.51. The maximum absolute atomic E-state index is 4.66. The molecule has 84 valence electrons. The Labute approximate surface area is 96.1 Å². The largest absolute Gasteiger partial charge is 0.316 e. The number of rotatable bonds is 3. The lowest BCUT2D eigenvalue weighted by Gasteiger charge is -2.30. The van der Waals surface area contributed by atoms with Gasteiger partial charge in [0.1, 0.15) is 0 Å². The summed E-state index contributed by atoms with van der Waals surface area (Å²) >= 11 is 1.85. The summed E-state index contributed by atoms with van der Waals surface area (Å²) in [5, 5.41) is 7.05. The fourth-order valence-electron chi connectivity index (χ4n) is 2.46. The van der Waals surface area contributed by atoms with Gasteiger partial charge in [0.15, 0.2) is 0 Å². The molecule has 2 heterocycles. The Kier molecular flexibility index (Phi) is 3.76. The molecule has 1 aromatic heterocycles. The van der Waals surface area contributed by atoms with Crippen LogP contribution in [0.5, 0.6) is 0 Å². The van der Waals surface area contributed by atoms with E-state index in [0.717, 1.165) is 12.5 Å². The van der Waals surface area contributed by atoms with Gasteiger partial charge in [-0.15, -0.1) is 11.3 Å². The average Bonchev–Trinajstić information content (AvgIpc) is 2.66. The van der Waals surface area contributed by atoms with Crippen molar-refractivity contribution in [3.63, 3.8) is 0 Å². The quantitative estimate of drug-likeness (QED) is 0.854. The number of hydrogen-bond acceptors (Lipinski definition) is 3. The zero-order valence-corrected chi connectivity index (χ0v) is 10.4. The van der Waals surface area contributed by atoms with Gasteiger partial charge in [0, 0.05) is 17.0 Å². The van der Waals surface area contributed by atoms with Gasteiger partial charge in [-0.2, -0.15) is 0 Å². The molecule has 0 aliphatic carbocycles. The zero-order valence-electron chi connectivity index (χ0n) is 9.62. The van der Waals surface area contributed by atoms with Crippen molar-refractivity contribution in [2.45, 2.75) is 39.0 Å². The fourth-order valence-corrected chi connectivity index (χ4v) is 3.49. The van der Waals surface area contributed by atoms with Gasteiger partial charge in [0.2, 0.25) is 0 Å². The molecule has 0 radical (unpaired) electrons. The lowest BCUT2D eigenvalue weighted by molar-refractivity contribution is 0.306. The highest BCUT2D eigenvalue weighted by Crippen LogP contribution is 2.34. The van der Waals surface area contributed by atoms with Gasteiger partial charge in [-0.05, 0) is 38.8 Å². The van der Waals surface area contributed by atoms with Gasteiger partial charge >= 0.3 is 0 Å². The third-order valence-electron chi connectivity index (χ3n) is 3.22. The number of aryl methyl sites for hydroxylation is 1. The standard InChI is InChI=1S/C12H20N2S/c1-3-4-10-7-13-6-5-11(10)12-14-9(2)8-15-12/h8,10-11,13H,3-7H2,1-2H3. The highest BCUT2D eigenvalue weighted by Gasteiger charge is 2.27. The molecule has 0 saturated carbocycles. The number of aromatic nitrogens is 1. The average molecular weight is 224 g/mol. The minimum Gasteiger partial charge on any atom is -0.316 e. The molecule has 3 heteroatoms. The minimum atomic E-state index is 0.713. The van der Waals surface area contributed by atoms with Crippen LogP contribution >= 0.6 is 11.3 Å². The highest BCUT2D eigenvalue weighted by molar-refractivity contribution is 7.09. The molecule has 2 unspecified atom stereocenters. The van der Waals surface area contributed by atoms with E-state index >= 15 is 0 Å². The Balaban J connectivity index is 2.10. The first-order chi connectivity index (χ1) is 7.31. The second kappa shape index (κ2) is 5.08. The molecular weight excluding hydrogens is 204 g/mol. The van der Waals surface area contributed by atoms with E-state index in [1.165, 1.54) is 36.5 Å². The van der Waals surface area contributed by atoms with E-state index < -0.39 is 0 Å². The second-order valence-corrected chi connectivity index (χ2v) is 5.36. The van der Waals surface area contributed by atoms with Crippen LogP contribution in [-0.4, -0.2) is 18.1 Å². The van der Waals surface area contributed by atoms with Gasteiger partial charge in [-0.3, -0.25) is 0 Å². The van der Waals surface area contributed by atoms with E-state index in [1.807, 2.05) is 11.3 Å². The molecule has 0 spiro atoms. The van der Waals surface area contributed by atoms with Crippen molar-refractivity contribution in [1.82, 2.24) is 10.3 Å². The number of nitrogens with zero attached hydrogens (tertiary/aromatic N) is 1. The third-order valence-corrected chi connectivity index (χ3v) is 4.32. The Morgan fingerprint density at radius 2 is 2.47 bits per heavy atom. The molecule has 2 atom stereocenters. The van der Waals surface area contributed by atoms with Crippen LogP contribution in [0.1, 0.15) is 42.8 Å². The van der Waals surface area contributed by atoms with Gasteiger partial charge in [-0.1, -0.05) is 13.3 Å². The molecule has 2 rings (SSSR count). The molecule has 0 aromatic carbocycles. The van der Waals surface area contributed by atoms with Crippen molar-refractivity contribution in [3.05, 3.63) is 16.1 Å². The molecule has 0 amide bonds. The first kappa shape index (κ1) is 11.1. The molecular formula is C12H20N2S. The molecule has 1 saturated heterocycles. The topological polar surface area (TPSA) is 24.9 Å². The summed E-state index contributed by atoms with van der Waals surface area (Å²) < 4.78 is 0. The molecule has 0 bridgehead atoms. The number of piperidine rings is 1. The van der Waals surface area contributed by atoms with Crippen molar-refractivity contribution >= 4 is 11.3 Å². The van der Waals surface area contributed by atoms with Crippen LogP contribution < -0.4 is 5.32 Å². The maximum atomic E-state index is 4.66. The molecule has 1 aromatic rings. The predicted octanol–water partition coefficient (Wildman–Crippen LogP) is 2.94. The van der Waals surface area contributed by atoms with Gasteiger partial charge < -0.3 is 5.32 Å². The highest BCUT2D eigenvalue weighted by atomic mass is 32.1. The van der Waals surface area contributed by atoms with E-state index in [0.29, 0.717) is 5.92 Å². The molecule has 1 aliphatic heterocycles. The van der Waals surface area contributed by atoms with Crippen LogP contribution in [-0.2, 0) is 0 Å². The van der Waals surface area contributed by atoms with E-state index in [-0.39, 0.29) is 0 Å². The molecule has 1 fully saturated rings. The van der Waals surface area contributed by atoms with E-state index in [1.54, 1.807) is 0 Å². The number of thiazole rings is 1. The fraction of sp³-hybridized carbons (Fsp3) is 0.750. The summed E-state index contributed by atoms with van der Waals surface area (Å²) in [5.41, 5.74) is 1.18. The Morgan fingerprint density at radius 1 is 1.60 bits per heavy atom. The summed E-state index contributed by atoms with van der Waals surface area (Å²) in [6, 6.07) is 0. The van der Waals surface area contributed by atoms with Crippen LogP contribution in [0.3, 0.4) is 0 Å². The maximum Gasteiger partial charge on any atom is 0.0962 e. The van der Waals surface area contributed by atoms with Crippen molar-refractivity contribution in [3.8, 4) is 0 Å². The van der Waals surface area contributed by atoms with Crippen LogP contribution in [0, 0.1) is 12.8 Å². The van der Waals surface area contributed by atoms with E-state index in [2.05, 4.69) is 29.5 Å². The predicted molar refractivity (Wildman–Crippen MR) is 65.5 cm³/mol. The van der Waals surface area contributed by atoms with Crippen molar-refractivity contribution < 1.29 is 0 Å². The Bertz CT molecular complexity index is 306. The minimum absolute atomic E-state index is 0.713. The van der Waals surface area contributed by atoms with Gasteiger partial charge in [-0.25, -0.2) is 4.98 Å². The monoisotopic (exact) mass is 224 g/mol. The van der Waals surface area contributed by atoms with Crippen LogP contribution in [0.15, 0.2) is 5.38 Å². The number of nitrogens with one attached hydrogen (secondary N) is 1. The Hall–Kier alpha value is -0.410. The molecule has 2 nitrogen and oxygen atoms in total. The zero-order chi connectivity index (χ0) is 10.7. The Morgan fingerprint density at radius 3 is 3.13 bits per heavy atom. The van der Waals surface area contributed by atoms with Crippen molar-refractivity contribution in [1.29, 1.82) is 0 Å². The first-order valence-electron chi connectivity index (χ1n) is 5.94. The van der Waals surface area contributed by atoms with Gasteiger partial charge in [0.05, 0.1) is 5.01 Å². The second-order valence-electron chi connectivity index (χ2n) is 4.48. The van der Waals surface area contributed by atoms with E-state index in [4.69, 9.17) is 0 Å². The van der Waals surface area contributed by atoms with Crippen LogP contribution in [0.4, 0.5) is 0 Å². The molecule has 1 aliphatic rings. The normalized spacial score (nSPS) is 26.8. The van der Waals surface area contributed by atoms with Crippen LogP contribution in [0.2, 0.25) is 0 Å². The first-order valence-corrected chi connectivity index (χ1v) is 6.82. The van der Waals surface area contributed by atoms with Crippen molar-refractivity contribution in [2.24, 2.45) is 5.92 Å². The van der Waals surface area contributed by atoms with E-state index in [9.17, 15) is 0 Å². The third kappa shape index (κ3) is 2.58.